The molecule has 16 heavy (non-hydrogen) atoms. The van der Waals surface area contributed by atoms with Crippen molar-refractivity contribution in [3.05, 3.63) is 12.5 Å². The van der Waals surface area contributed by atoms with Crippen LogP contribution in [0.1, 0.15) is 6.92 Å². The third-order valence-corrected chi connectivity index (χ3v) is 3.46. The van der Waals surface area contributed by atoms with Gasteiger partial charge in [-0.05, 0) is 6.92 Å². The minimum absolute atomic E-state index is 0.00491. The van der Waals surface area contributed by atoms with Gasteiger partial charge >= 0.3 is 0 Å². The highest BCUT2D eigenvalue weighted by atomic mass is 32.2. The Morgan fingerprint density at radius 1 is 1.44 bits per heavy atom. The Labute approximate surface area is 94.2 Å². The molecule has 1 aromatic rings. The Morgan fingerprint density at radius 3 is 2.50 bits per heavy atom. The molecule has 1 unspecified atom stereocenters. The Bertz CT molecular complexity index is 399. The molecule has 0 aliphatic heterocycles. The molecule has 0 bridgehead atoms. The third-order valence-electron chi connectivity index (χ3n) is 1.98. The average Bonchev–Trinajstić information content (AvgIpc) is 2.71. The van der Waals surface area contributed by atoms with Crippen molar-refractivity contribution in [3.63, 3.8) is 0 Å². The number of sulfonamides is 1. The van der Waals surface area contributed by atoms with Crippen LogP contribution in [0.15, 0.2) is 17.6 Å². The lowest BCUT2D eigenvalue weighted by Crippen LogP contribution is -2.42. The van der Waals surface area contributed by atoms with Gasteiger partial charge in [-0.25, -0.2) is 18.1 Å². The van der Waals surface area contributed by atoms with Crippen LogP contribution in [0.2, 0.25) is 0 Å². The monoisotopic (exact) mass is 249 g/mol. The SMILES string of the molecule is COC(OC)C(C)NS(=O)(=O)c1cnc[nH]1. The van der Waals surface area contributed by atoms with Gasteiger partial charge in [0, 0.05) is 14.2 Å². The second-order valence-electron chi connectivity index (χ2n) is 3.17. The van der Waals surface area contributed by atoms with E-state index in [9.17, 15) is 8.42 Å². The predicted molar refractivity (Wildman–Crippen MR) is 56.2 cm³/mol. The number of aromatic nitrogens is 2. The maximum atomic E-state index is 11.7. The molecule has 1 rings (SSSR count). The summed E-state index contributed by atoms with van der Waals surface area (Å²) >= 11 is 0. The van der Waals surface area contributed by atoms with E-state index in [0.717, 1.165) is 0 Å². The molecule has 0 aliphatic carbocycles. The first-order chi connectivity index (χ1) is 7.51. The summed E-state index contributed by atoms with van der Waals surface area (Å²) in [6, 6.07) is -0.511. The van der Waals surface area contributed by atoms with Crippen molar-refractivity contribution < 1.29 is 17.9 Å². The number of imidazole rings is 1. The zero-order chi connectivity index (χ0) is 12.2. The van der Waals surface area contributed by atoms with E-state index in [-0.39, 0.29) is 5.03 Å². The molecule has 0 aromatic carbocycles. The molecular weight excluding hydrogens is 234 g/mol. The average molecular weight is 249 g/mol. The molecule has 7 nitrogen and oxygen atoms in total. The number of H-pyrrole nitrogens is 1. The fraction of sp³-hybridized carbons (Fsp3) is 0.625. The smallest absolute Gasteiger partial charge is 0.258 e. The van der Waals surface area contributed by atoms with Gasteiger partial charge in [-0.2, -0.15) is 0 Å². The minimum Gasteiger partial charge on any atom is -0.354 e. The summed E-state index contributed by atoms with van der Waals surface area (Å²) in [4.78, 5) is 6.16. The molecule has 1 heterocycles. The maximum Gasteiger partial charge on any atom is 0.258 e. The molecule has 2 N–H and O–H groups in total. The lowest BCUT2D eigenvalue weighted by molar-refractivity contribution is -0.115. The first-order valence-corrected chi connectivity index (χ1v) is 6.06. The zero-order valence-corrected chi connectivity index (χ0v) is 10.1. The molecular formula is C8H15N3O4S. The van der Waals surface area contributed by atoms with Crippen LogP contribution in [0, 0.1) is 0 Å². The summed E-state index contributed by atoms with van der Waals surface area (Å²) in [7, 11) is -0.730. The number of rotatable bonds is 6. The molecule has 0 fully saturated rings. The molecule has 0 radical (unpaired) electrons. The van der Waals surface area contributed by atoms with E-state index in [1.54, 1.807) is 6.92 Å². The summed E-state index contributed by atoms with van der Waals surface area (Å²) in [5.41, 5.74) is 0. The van der Waals surface area contributed by atoms with Crippen molar-refractivity contribution in [2.45, 2.75) is 24.3 Å². The maximum absolute atomic E-state index is 11.7. The van der Waals surface area contributed by atoms with Crippen LogP contribution in [0.4, 0.5) is 0 Å². The summed E-state index contributed by atoms with van der Waals surface area (Å²) in [6.45, 7) is 1.64. The highest BCUT2D eigenvalue weighted by Crippen LogP contribution is 2.06. The van der Waals surface area contributed by atoms with Gasteiger partial charge in [-0.3, -0.25) is 0 Å². The van der Waals surface area contributed by atoms with Crippen LogP contribution in [-0.4, -0.2) is 44.9 Å². The van der Waals surface area contributed by atoms with E-state index in [4.69, 9.17) is 9.47 Å². The second-order valence-corrected chi connectivity index (χ2v) is 4.85. The lowest BCUT2D eigenvalue weighted by Gasteiger charge is -2.21. The number of nitrogens with zero attached hydrogens (tertiary/aromatic N) is 1. The molecule has 0 spiro atoms. The summed E-state index contributed by atoms with van der Waals surface area (Å²) in [5, 5.41) is 0.00491. The van der Waals surface area contributed by atoms with Gasteiger partial charge in [0.25, 0.3) is 10.0 Å². The van der Waals surface area contributed by atoms with Gasteiger partial charge in [-0.15, -0.1) is 0 Å². The zero-order valence-electron chi connectivity index (χ0n) is 9.30. The summed E-state index contributed by atoms with van der Waals surface area (Å²) < 4.78 is 35.8. The second kappa shape index (κ2) is 5.39. The largest absolute Gasteiger partial charge is 0.354 e. The van der Waals surface area contributed by atoms with E-state index < -0.39 is 22.4 Å². The Hall–Kier alpha value is -0.960. The van der Waals surface area contributed by atoms with E-state index in [2.05, 4.69) is 14.7 Å². The number of hydrogen-bond acceptors (Lipinski definition) is 5. The van der Waals surface area contributed by atoms with Crippen LogP contribution in [0.25, 0.3) is 0 Å². The van der Waals surface area contributed by atoms with Crippen molar-refractivity contribution >= 4 is 10.0 Å². The van der Waals surface area contributed by atoms with E-state index in [0.29, 0.717) is 0 Å². The van der Waals surface area contributed by atoms with Crippen molar-refractivity contribution in [1.82, 2.24) is 14.7 Å². The van der Waals surface area contributed by atoms with Crippen molar-refractivity contribution in [2.75, 3.05) is 14.2 Å². The molecule has 0 aliphatic rings. The lowest BCUT2D eigenvalue weighted by atomic mass is 10.3. The van der Waals surface area contributed by atoms with Gasteiger partial charge < -0.3 is 14.5 Å². The van der Waals surface area contributed by atoms with Crippen LogP contribution in [0.3, 0.4) is 0 Å². The fourth-order valence-corrected chi connectivity index (χ4v) is 2.39. The van der Waals surface area contributed by atoms with Crippen LogP contribution in [0.5, 0.6) is 0 Å². The number of ether oxygens (including phenoxy) is 2. The summed E-state index contributed by atoms with van der Waals surface area (Å²) in [5.74, 6) is 0. The Kier molecular flexibility index (Phi) is 4.42. The fourth-order valence-electron chi connectivity index (χ4n) is 1.26. The molecule has 92 valence electrons. The highest BCUT2D eigenvalue weighted by molar-refractivity contribution is 7.89. The highest BCUT2D eigenvalue weighted by Gasteiger charge is 2.24. The number of hydrogen-bond donors (Lipinski definition) is 2. The predicted octanol–water partition coefficient (Wildman–Crippen LogP) is -0.305. The van der Waals surface area contributed by atoms with Gasteiger partial charge in [0.2, 0.25) is 0 Å². The van der Waals surface area contributed by atoms with Gasteiger partial charge in [-0.1, -0.05) is 0 Å². The Morgan fingerprint density at radius 2 is 2.06 bits per heavy atom. The molecule has 0 amide bonds. The topological polar surface area (TPSA) is 93.3 Å². The van der Waals surface area contributed by atoms with Crippen molar-refractivity contribution in [1.29, 1.82) is 0 Å². The van der Waals surface area contributed by atoms with E-state index in [1.807, 2.05) is 0 Å². The third kappa shape index (κ3) is 3.01. The van der Waals surface area contributed by atoms with Crippen molar-refractivity contribution in [3.8, 4) is 0 Å². The standard InChI is InChI=1S/C8H15N3O4S/c1-6(8(14-2)15-3)11-16(12,13)7-4-9-5-10-7/h4-6,8,11H,1-3H3,(H,9,10). The van der Waals surface area contributed by atoms with Crippen LogP contribution < -0.4 is 4.72 Å². The van der Waals surface area contributed by atoms with Crippen LogP contribution in [-0.2, 0) is 19.5 Å². The first kappa shape index (κ1) is 13.1. The number of methoxy groups -OCH3 is 2. The van der Waals surface area contributed by atoms with E-state index >= 15 is 0 Å². The summed E-state index contributed by atoms with van der Waals surface area (Å²) in [6.07, 6.45) is 1.88. The number of aromatic amines is 1. The van der Waals surface area contributed by atoms with Gasteiger partial charge in [0.1, 0.15) is 0 Å². The van der Waals surface area contributed by atoms with Gasteiger partial charge in [0.15, 0.2) is 11.3 Å². The Balaban J connectivity index is 2.74. The molecule has 0 saturated heterocycles. The van der Waals surface area contributed by atoms with E-state index in [1.165, 1.54) is 26.7 Å². The first-order valence-electron chi connectivity index (χ1n) is 4.57. The van der Waals surface area contributed by atoms with Gasteiger partial charge in [0.05, 0.1) is 18.6 Å². The molecule has 0 saturated carbocycles. The normalized spacial score (nSPS) is 14.2. The minimum atomic E-state index is -3.61. The molecule has 1 atom stereocenters. The van der Waals surface area contributed by atoms with Crippen LogP contribution >= 0.6 is 0 Å². The van der Waals surface area contributed by atoms with Crippen molar-refractivity contribution in [2.24, 2.45) is 0 Å². The molecule has 1 aromatic heterocycles. The number of nitrogens with one attached hydrogen (secondary N) is 2. The molecule has 8 heteroatoms. The quantitative estimate of drug-likeness (QED) is 0.675.